The van der Waals surface area contributed by atoms with E-state index in [0.717, 1.165) is 5.69 Å². The third-order valence-corrected chi connectivity index (χ3v) is 3.72. The van der Waals surface area contributed by atoms with Crippen LogP contribution in [0.25, 0.3) is 0 Å². The molecule has 1 amide bonds. The molecule has 0 aliphatic heterocycles. The predicted molar refractivity (Wildman–Crippen MR) is 89.0 cm³/mol. The van der Waals surface area contributed by atoms with E-state index in [1.54, 1.807) is 42.0 Å². The molecule has 0 atom stereocenters. The van der Waals surface area contributed by atoms with Crippen molar-refractivity contribution in [3.05, 3.63) is 64.9 Å². The average Bonchev–Trinajstić information content (AvgIpc) is 2.97. The lowest BCUT2D eigenvalue weighted by Gasteiger charge is -2.03. The number of pyridine rings is 1. The summed E-state index contributed by atoms with van der Waals surface area (Å²) in [6, 6.07) is 10.7. The van der Waals surface area contributed by atoms with Crippen molar-refractivity contribution in [2.45, 2.75) is 0 Å². The van der Waals surface area contributed by atoms with Gasteiger partial charge in [-0.05, 0) is 30.3 Å². The van der Waals surface area contributed by atoms with Crippen molar-refractivity contribution in [2.75, 3.05) is 10.6 Å². The van der Waals surface area contributed by atoms with E-state index in [0.29, 0.717) is 21.5 Å². The van der Waals surface area contributed by atoms with Gasteiger partial charge in [0.2, 0.25) is 0 Å². The van der Waals surface area contributed by atoms with Gasteiger partial charge in [0.25, 0.3) is 5.91 Å². The number of aromatic nitrogens is 2. The van der Waals surface area contributed by atoms with E-state index in [2.05, 4.69) is 20.6 Å². The Morgan fingerprint density at radius 3 is 2.82 bits per heavy atom. The minimum absolute atomic E-state index is 0.280. The first-order valence-corrected chi connectivity index (χ1v) is 7.66. The molecular weight excluding hydrogens is 320 g/mol. The molecule has 22 heavy (non-hydrogen) atoms. The van der Waals surface area contributed by atoms with Crippen molar-refractivity contribution in [3.8, 4) is 0 Å². The number of nitrogens with one attached hydrogen (secondary N) is 2. The fourth-order valence-electron chi connectivity index (χ4n) is 1.76. The first-order valence-electron chi connectivity index (χ1n) is 6.40. The Labute approximate surface area is 136 Å². The van der Waals surface area contributed by atoms with Crippen molar-refractivity contribution in [1.29, 1.82) is 0 Å². The van der Waals surface area contributed by atoms with Crippen LogP contribution >= 0.6 is 22.9 Å². The summed E-state index contributed by atoms with van der Waals surface area (Å²) < 4.78 is 0. The Bertz CT molecular complexity index is 791. The van der Waals surface area contributed by atoms with Gasteiger partial charge in [-0.2, -0.15) is 0 Å². The molecule has 0 aliphatic rings. The Balaban J connectivity index is 1.69. The van der Waals surface area contributed by atoms with Crippen LogP contribution in [-0.2, 0) is 0 Å². The third-order valence-electron chi connectivity index (χ3n) is 2.73. The number of carbonyl (C=O) groups excluding carboxylic acids is 1. The summed E-state index contributed by atoms with van der Waals surface area (Å²) in [4.78, 5) is 20.4. The van der Waals surface area contributed by atoms with Crippen LogP contribution in [0.5, 0.6) is 0 Å². The quantitative estimate of drug-likeness (QED) is 0.752. The van der Waals surface area contributed by atoms with E-state index in [9.17, 15) is 4.79 Å². The first kappa shape index (κ1) is 14.5. The smallest absolute Gasteiger partial charge is 0.275 e. The second kappa shape index (κ2) is 6.55. The lowest BCUT2D eigenvalue weighted by Crippen LogP contribution is -2.12. The molecule has 0 saturated carbocycles. The summed E-state index contributed by atoms with van der Waals surface area (Å²) in [6.07, 6.45) is 3.38. The number of anilines is 3. The van der Waals surface area contributed by atoms with Crippen LogP contribution in [0.2, 0.25) is 5.02 Å². The zero-order valence-corrected chi connectivity index (χ0v) is 12.9. The van der Waals surface area contributed by atoms with Crippen molar-refractivity contribution >= 4 is 45.4 Å². The largest absolute Gasteiger partial charge is 0.330 e. The number of carbonyl (C=O) groups is 1. The van der Waals surface area contributed by atoms with Gasteiger partial charge in [-0.15, -0.1) is 11.3 Å². The number of benzene rings is 1. The highest BCUT2D eigenvalue weighted by Gasteiger charge is 2.11. The monoisotopic (exact) mass is 330 g/mol. The summed E-state index contributed by atoms with van der Waals surface area (Å²) in [6.45, 7) is 0. The minimum atomic E-state index is -0.280. The molecule has 0 bridgehead atoms. The van der Waals surface area contributed by atoms with Gasteiger partial charge in [0.05, 0.1) is 11.9 Å². The Morgan fingerprint density at radius 1 is 1.18 bits per heavy atom. The molecule has 2 N–H and O–H groups in total. The van der Waals surface area contributed by atoms with Crippen LogP contribution in [-0.4, -0.2) is 15.9 Å². The summed E-state index contributed by atoms with van der Waals surface area (Å²) in [7, 11) is 0. The van der Waals surface area contributed by atoms with Crippen LogP contribution in [0.1, 0.15) is 10.5 Å². The van der Waals surface area contributed by atoms with Crippen LogP contribution in [0.4, 0.5) is 16.5 Å². The van der Waals surface area contributed by atoms with Crippen LogP contribution in [0.15, 0.2) is 54.2 Å². The fourth-order valence-corrected chi connectivity index (χ4v) is 2.66. The van der Waals surface area contributed by atoms with Crippen molar-refractivity contribution < 1.29 is 4.79 Å². The molecule has 110 valence electrons. The highest BCUT2D eigenvalue weighted by molar-refractivity contribution is 7.14. The molecule has 0 fully saturated rings. The number of nitrogens with zero attached hydrogens (tertiary/aromatic N) is 2. The Hall–Kier alpha value is -2.44. The highest BCUT2D eigenvalue weighted by atomic mass is 35.5. The first-order chi connectivity index (χ1) is 10.7. The number of halogens is 1. The van der Waals surface area contributed by atoms with Gasteiger partial charge in [0.15, 0.2) is 5.13 Å². The second-order valence-corrected chi connectivity index (χ2v) is 5.66. The second-order valence-electron chi connectivity index (χ2n) is 4.37. The van der Waals surface area contributed by atoms with Gasteiger partial charge in [0.1, 0.15) is 5.69 Å². The summed E-state index contributed by atoms with van der Waals surface area (Å²) in [5.74, 6) is -0.280. The molecule has 2 aromatic heterocycles. The fraction of sp³-hybridized carbons (Fsp3) is 0. The molecule has 0 spiro atoms. The zero-order valence-electron chi connectivity index (χ0n) is 11.3. The van der Waals surface area contributed by atoms with Gasteiger partial charge < -0.3 is 10.6 Å². The predicted octanol–water partition coefficient (Wildman–Crippen LogP) is 4.19. The van der Waals surface area contributed by atoms with Gasteiger partial charge in [-0.1, -0.05) is 17.7 Å². The number of rotatable bonds is 4. The maximum atomic E-state index is 12.1. The number of amides is 1. The molecule has 5 nitrogen and oxygen atoms in total. The minimum Gasteiger partial charge on any atom is -0.330 e. The lowest BCUT2D eigenvalue weighted by atomic mass is 10.3. The Kier molecular flexibility index (Phi) is 4.32. The van der Waals surface area contributed by atoms with Crippen LogP contribution in [0.3, 0.4) is 0 Å². The zero-order chi connectivity index (χ0) is 15.4. The molecule has 0 unspecified atom stereocenters. The molecule has 0 radical (unpaired) electrons. The van der Waals surface area contributed by atoms with E-state index in [-0.39, 0.29) is 5.91 Å². The molecule has 0 saturated heterocycles. The third kappa shape index (κ3) is 3.60. The highest BCUT2D eigenvalue weighted by Crippen LogP contribution is 2.21. The molecule has 1 aromatic carbocycles. The molecule has 2 heterocycles. The van der Waals surface area contributed by atoms with Crippen LogP contribution < -0.4 is 10.6 Å². The summed E-state index contributed by atoms with van der Waals surface area (Å²) >= 11 is 7.24. The molecule has 0 aliphatic carbocycles. The molecule has 3 rings (SSSR count). The van der Waals surface area contributed by atoms with Crippen molar-refractivity contribution in [3.63, 3.8) is 0 Å². The average molecular weight is 331 g/mol. The van der Waals surface area contributed by atoms with E-state index in [4.69, 9.17) is 11.6 Å². The number of hydrogen-bond acceptors (Lipinski definition) is 5. The van der Waals surface area contributed by atoms with Crippen molar-refractivity contribution in [1.82, 2.24) is 9.97 Å². The number of hydrogen-bond donors (Lipinski definition) is 2. The lowest BCUT2D eigenvalue weighted by molar-refractivity contribution is 0.102. The summed E-state index contributed by atoms with van der Waals surface area (Å²) in [5.41, 5.74) is 1.79. The topological polar surface area (TPSA) is 66.9 Å². The molecule has 3 aromatic rings. The standard InChI is InChI=1S/C15H11ClN4OS/c16-10-3-1-4-11(7-10)18-14(21)13-9-22-15(20-13)19-12-5-2-6-17-8-12/h1-9H,(H,18,21)(H,19,20). The normalized spacial score (nSPS) is 10.2. The maximum absolute atomic E-state index is 12.1. The molecule has 7 heteroatoms. The molecular formula is C15H11ClN4OS. The van der Waals surface area contributed by atoms with E-state index >= 15 is 0 Å². The Morgan fingerprint density at radius 2 is 2.05 bits per heavy atom. The van der Waals surface area contributed by atoms with Gasteiger partial charge in [-0.3, -0.25) is 9.78 Å². The summed E-state index contributed by atoms with van der Waals surface area (Å²) in [5, 5.41) is 8.74. The van der Waals surface area contributed by atoms with Gasteiger partial charge >= 0.3 is 0 Å². The van der Waals surface area contributed by atoms with E-state index < -0.39 is 0 Å². The maximum Gasteiger partial charge on any atom is 0.275 e. The van der Waals surface area contributed by atoms with Gasteiger partial charge in [-0.25, -0.2) is 4.98 Å². The van der Waals surface area contributed by atoms with Crippen LogP contribution in [0, 0.1) is 0 Å². The van der Waals surface area contributed by atoms with E-state index in [1.165, 1.54) is 11.3 Å². The van der Waals surface area contributed by atoms with E-state index in [1.807, 2.05) is 12.1 Å². The van der Waals surface area contributed by atoms with Crippen molar-refractivity contribution in [2.24, 2.45) is 0 Å². The SMILES string of the molecule is O=C(Nc1cccc(Cl)c1)c1csc(Nc2cccnc2)n1. The number of thiazole rings is 1. The van der Waals surface area contributed by atoms with Gasteiger partial charge in [0, 0.05) is 22.3 Å².